The molecule has 3 nitrogen and oxygen atoms in total. The number of nitrogens with one attached hydrogen (secondary N) is 1. The van der Waals surface area contributed by atoms with E-state index in [2.05, 4.69) is 55.0 Å². The zero-order valence-corrected chi connectivity index (χ0v) is 13.4. The van der Waals surface area contributed by atoms with E-state index in [-0.39, 0.29) is 0 Å². The van der Waals surface area contributed by atoms with Crippen LogP contribution in [-0.4, -0.2) is 24.1 Å². The van der Waals surface area contributed by atoms with E-state index >= 15 is 0 Å². The number of nitrogens with zero attached hydrogens (tertiary/aromatic N) is 2. The predicted octanol–water partition coefficient (Wildman–Crippen LogP) is 3.45. The van der Waals surface area contributed by atoms with Gasteiger partial charge in [-0.1, -0.05) is 33.8 Å². The van der Waals surface area contributed by atoms with Crippen LogP contribution in [0, 0.1) is 11.8 Å². The fraction of sp³-hybridized carbons (Fsp3) is 0.706. The molecule has 2 rings (SSSR count). The summed E-state index contributed by atoms with van der Waals surface area (Å²) >= 11 is 0. The van der Waals surface area contributed by atoms with Crippen molar-refractivity contribution >= 4 is 5.82 Å². The maximum atomic E-state index is 4.68. The highest BCUT2D eigenvalue weighted by Gasteiger charge is 2.30. The van der Waals surface area contributed by atoms with Crippen molar-refractivity contribution in [1.29, 1.82) is 0 Å². The number of pyridine rings is 1. The van der Waals surface area contributed by atoms with Crippen LogP contribution < -0.4 is 10.2 Å². The van der Waals surface area contributed by atoms with E-state index in [0.29, 0.717) is 11.8 Å². The smallest absolute Gasteiger partial charge is 0.128 e. The van der Waals surface area contributed by atoms with Crippen LogP contribution in [0.1, 0.15) is 46.1 Å². The third kappa shape index (κ3) is 4.78. The SMILES string of the molecule is CC(C)CNCc1ccc(N(CC(C)C)C2CC2)nc1. The molecule has 1 aliphatic carbocycles. The van der Waals surface area contributed by atoms with E-state index in [0.717, 1.165) is 31.5 Å². The topological polar surface area (TPSA) is 28.2 Å². The van der Waals surface area contributed by atoms with Crippen LogP contribution in [0.15, 0.2) is 18.3 Å². The van der Waals surface area contributed by atoms with Gasteiger partial charge in [-0.2, -0.15) is 0 Å². The molecule has 0 aliphatic heterocycles. The molecule has 0 amide bonds. The molecule has 1 aromatic rings. The van der Waals surface area contributed by atoms with E-state index in [1.807, 2.05) is 6.20 Å². The van der Waals surface area contributed by atoms with Crippen molar-refractivity contribution in [3.8, 4) is 0 Å². The van der Waals surface area contributed by atoms with Crippen LogP contribution >= 0.6 is 0 Å². The zero-order chi connectivity index (χ0) is 14.5. The molecule has 0 atom stereocenters. The number of aromatic nitrogens is 1. The second-order valence-corrected chi connectivity index (χ2v) is 6.83. The number of anilines is 1. The molecule has 3 heteroatoms. The third-order valence-corrected chi connectivity index (χ3v) is 3.53. The maximum absolute atomic E-state index is 4.68. The highest BCUT2D eigenvalue weighted by Crippen LogP contribution is 2.31. The van der Waals surface area contributed by atoms with Gasteiger partial charge < -0.3 is 10.2 Å². The fourth-order valence-corrected chi connectivity index (χ4v) is 2.41. The molecule has 1 heterocycles. The first-order valence-corrected chi connectivity index (χ1v) is 7.98. The first-order valence-electron chi connectivity index (χ1n) is 7.98. The fourth-order valence-electron chi connectivity index (χ4n) is 2.41. The number of hydrogen-bond donors (Lipinski definition) is 1. The molecule has 1 aromatic heterocycles. The second kappa shape index (κ2) is 7.07. The van der Waals surface area contributed by atoms with Crippen molar-refractivity contribution in [3.63, 3.8) is 0 Å². The highest BCUT2D eigenvalue weighted by molar-refractivity contribution is 5.42. The summed E-state index contributed by atoms with van der Waals surface area (Å²) in [5.41, 5.74) is 1.27. The Balaban J connectivity index is 1.92. The van der Waals surface area contributed by atoms with Crippen molar-refractivity contribution in [2.45, 2.75) is 53.1 Å². The Morgan fingerprint density at radius 2 is 1.95 bits per heavy atom. The van der Waals surface area contributed by atoms with Gasteiger partial charge in [0.25, 0.3) is 0 Å². The molecule has 1 fully saturated rings. The van der Waals surface area contributed by atoms with Crippen molar-refractivity contribution < 1.29 is 0 Å². The molecule has 1 aliphatic rings. The van der Waals surface area contributed by atoms with Crippen LogP contribution in [0.2, 0.25) is 0 Å². The molecule has 0 unspecified atom stereocenters. The Bertz CT molecular complexity index is 393. The molecule has 20 heavy (non-hydrogen) atoms. The van der Waals surface area contributed by atoms with Gasteiger partial charge in [0.05, 0.1) is 0 Å². The third-order valence-electron chi connectivity index (χ3n) is 3.53. The first-order chi connectivity index (χ1) is 9.56. The Hall–Kier alpha value is -1.09. The Kier molecular flexibility index (Phi) is 5.41. The van der Waals surface area contributed by atoms with Crippen LogP contribution in [0.4, 0.5) is 5.82 Å². The van der Waals surface area contributed by atoms with Gasteiger partial charge in [0.1, 0.15) is 5.82 Å². The quantitative estimate of drug-likeness (QED) is 0.787. The minimum absolute atomic E-state index is 0.685. The van der Waals surface area contributed by atoms with Crippen molar-refractivity contribution in [2.24, 2.45) is 11.8 Å². The second-order valence-electron chi connectivity index (χ2n) is 6.83. The van der Waals surface area contributed by atoms with E-state index in [1.165, 1.54) is 18.4 Å². The lowest BCUT2D eigenvalue weighted by Crippen LogP contribution is -2.30. The molecule has 1 N–H and O–H groups in total. The summed E-state index contributed by atoms with van der Waals surface area (Å²) in [6.45, 7) is 12.1. The van der Waals surface area contributed by atoms with Gasteiger partial charge in [-0.15, -0.1) is 0 Å². The maximum Gasteiger partial charge on any atom is 0.128 e. The monoisotopic (exact) mass is 275 g/mol. The normalized spacial score (nSPS) is 15.1. The summed E-state index contributed by atoms with van der Waals surface area (Å²) in [4.78, 5) is 7.16. The summed E-state index contributed by atoms with van der Waals surface area (Å²) in [7, 11) is 0. The summed E-state index contributed by atoms with van der Waals surface area (Å²) in [6, 6.07) is 5.13. The van der Waals surface area contributed by atoms with Gasteiger partial charge in [-0.05, 0) is 42.9 Å². The van der Waals surface area contributed by atoms with Crippen LogP contribution in [0.3, 0.4) is 0 Å². The number of rotatable bonds is 8. The van der Waals surface area contributed by atoms with Gasteiger partial charge >= 0.3 is 0 Å². The van der Waals surface area contributed by atoms with E-state index in [1.54, 1.807) is 0 Å². The summed E-state index contributed by atoms with van der Waals surface area (Å²) in [6.07, 6.45) is 4.68. The van der Waals surface area contributed by atoms with Crippen molar-refractivity contribution in [2.75, 3.05) is 18.0 Å². The molecule has 1 saturated carbocycles. The van der Waals surface area contributed by atoms with Gasteiger partial charge in [0.2, 0.25) is 0 Å². The van der Waals surface area contributed by atoms with Crippen LogP contribution in [0.5, 0.6) is 0 Å². The van der Waals surface area contributed by atoms with E-state index < -0.39 is 0 Å². The lowest BCUT2D eigenvalue weighted by molar-refractivity contribution is 0.551. The summed E-state index contributed by atoms with van der Waals surface area (Å²) < 4.78 is 0. The average molecular weight is 275 g/mol. The lowest BCUT2D eigenvalue weighted by Gasteiger charge is -2.25. The summed E-state index contributed by atoms with van der Waals surface area (Å²) in [5, 5.41) is 3.46. The number of hydrogen-bond acceptors (Lipinski definition) is 3. The standard InChI is InChI=1S/C17H29N3/c1-13(2)9-18-10-15-5-8-17(19-11-15)20(12-14(3)4)16-6-7-16/h5,8,11,13-14,16,18H,6-7,9-10,12H2,1-4H3. The predicted molar refractivity (Wildman–Crippen MR) is 86.0 cm³/mol. The Morgan fingerprint density at radius 3 is 2.45 bits per heavy atom. The van der Waals surface area contributed by atoms with Crippen LogP contribution in [-0.2, 0) is 6.54 Å². The average Bonchev–Trinajstić information content (AvgIpc) is 3.20. The van der Waals surface area contributed by atoms with Crippen molar-refractivity contribution in [1.82, 2.24) is 10.3 Å². The van der Waals surface area contributed by atoms with Gasteiger partial charge in [-0.3, -0.25) is 0 Å². The molecule has 112 valence electrons. The minimum Gasteiger partial charge on any atom is -0.353 e. The largest absolute Gasteiger partial charge is 0.353 e. The summed E-state index contributed by atoms with van der Waals surface area (Å²) in [5.74, 6) is 2.53. The van der Waals surface area contributed by atoms with Gasteiger partial charge in [-0.25, -0.2) is 4.98 Å². The molecule has 0 spiro atoms. The highest BCUT2D eigenvalue weighted by atomic mass is 15.2. The zero-order valence-electron chi connectivity index (χ0n) is 13.4. The molecule has 0 bridgehead atoms. The lowest BCUT2D eigenvalue weighted by atomic mass is 10.2. The van der Waals surface area contributed by atoms with Gasteiger partial charge in [0.15, 0.2) is 0 Å². The van der Waals surface area contributed by atoms with E-state index in [4.69, 9.17) is 0 Å². The minimum atomic E-state index is 0.685. The Labute approximate surface area is 123 Å². The molecular weight excluding hydrogens is 246 g/mol. The Morgan fingerprint density at radius 1 is 1.20 bits per heavy atom. The van der Waals surface area contributed by atoms with Gasteiger partial charge in [0, 0.05) is 25.3 Å². The molecule has 0 aromatic carbocycles. The van der Waals surface area contributed by atoms with Crippen molar-refractivity contribution in [3.05, 3.63) is 23.9 Å². The first kappa shape index (κ1) is 15.3. The van der Waals surface area contributed by atoms with Crippen LogP contribution in [0.25, 0.3) is 0 Å². The van der Waals surface area contributed by atoms with E-state index in [9.17, 15) is 0 Å². The molecule has 0 saturated heterocycles. The molecule has 0 radical (unpaired) electrons. The molecular formula is C17H29N3.